The molecule has 30 heteroatoms. The van der Waals surface area contributed by atoms with Crippen LogP contribution in [0, 0.1) is 163 Å². The molecule has 78 heavy (non-hydrogen) atoms. The summed E-state index contributed by atoms with van der Waals surface area (Å²) in [5.41, 5.74) is -12.5. The lowest BCUT2D eigenvalue weighted by Crippen LogP contribution is -2.79. The lowest BCUT2D eigenvalue weighted by atomic mass is 9.11. The third kappa shape index (κ3) is 7.01. The van der Waals surface area contributed by atoms with Crippen LogP contribution >= 0.6 is 0 Å². The maximum Gasteiger partial charge on any atom is 0.198 e. The molecule has 0 spiro atoms. The number of rotatable bonds is 4. The molecule has 0 saturated heterocycles. The summed E-state index contributed by atoms with van der Waals surface area (Å²) < 4.78 is 446. The highest BCUT2D eigenvalue weighted by molar-refractivity contribution is 7.23. The van der Waals surface area contributed by atoms with Crippen molar-refractivity contribution in [3.05, 3.63) is 193 Å². The van der Waals surface area contributed by atoms with Crippen molar-refractivity contribution < 1.29 is 128 Å². The van der Waals surface area contributed by atoms with Crippen LogP contribution < -0.4 is 27.2 Å². The summed E-state index contributed by atoms with van der Waals surface area (Å²) in [4.78, 5) is 0. The number of para-hydroxylation sites is 1. The van der Waals surface area contributed by atoms with E-state index in [2.05, 4.69) is 29.6 Å². The Bertz CT molecular complexity index is 3690. The van der Waals surface area contributed by atoms with Crippen LogP contribution in [0.3, 0.4) is 0 Å². The van der Waals surface area contributed by atoms with Gasteiger partial charge in [-0.1, -0.05) is 18.2 Å². The van der Waals surface area contributed by atoms with Crippen LogP contribution in [0.25, 0.3) is 43.1 Å². The molecule has 0 bridgehead atoms. The van der Waals surface area contributed by atoms with E-state index in [4.69, 9.17) is 0 Å². The highest BCUT2D eigenvalue weighted by atomic mass is 19.2. The van der Waals surface area contributed by atoms with E-state index in [-0.39, 0.29) is 0 Å². The van der Waals surface area contributed by atoms with Crippen molar-refractivity contribution in [3.63, 3.8) is 0 Å². The van der Waals surface area contributed by atoms with Gasteiger partial charge >= 0.3 is 0 Å². The highest BCUT2D eigenvalue weighted by Gasteiger charge is 2.52. The topological polar surface area (TPSA) is 16.6 Å². The molecular formula is C48H10BF28N. The molecule has 9 aromatic rings. The van der Waals surface area contributed by atoms with Crippen molar-refractivity contribution in [1.29, 1.82) is 0 Å². The summed E-state index contributed by atoms with van der Waals surface area (Å²) in [5.74, 6) is -104. The molecule has 1 heterocycles. The molecule has 1 aliphatic rings. The van der Waals surface area contributed by atoms with Gasteiger partial charge in [0.1, 0.15) is 35.1 Å². The standard InChI is InChI=1S/C40BF28.C8H9N/c42-13-1-5(21(50)37(66)33(13)62)17(46)29(58)25(54)9(1)41(10-2-6(18(47)30(59)26(10)55)22(51)38(67)34(63)14(2)43,11-3-7(19(48)31(60)27(11)56)23(52)39(68)35(64)15(3)44)12-4-8(20(49)32(61)28(12)57)24(53)40(69)36(65)16(4)45;1-2-4-8-7(3-1)5-6-9-8/h;1-4,9H,5-6H2/q-1;/p+1. The third-order valence-corrected chi connectivity index (χ3v) is 13.1. The first-order valence-corrected chi connectivity index (χ1v) is 20.8. The number of quaternary nitrogens is 1. The van der Waals surface area contributed by atoms with Gasteiger partial charge in [-0.2, -0.15) is 0 Å². The van der Waals surface area contributed by atoms with Crippen LogP contribution in [-0.4, -0.2) is 12.7 Å². The molecule has 406 valence electrons. The Morgan fingerprint density at radius 3 is 0.641 bits per heavy atom. The zero-order valence-electron chi connectivity index (χ0n) is 36.5. The molecule has 0 fully saturated rings. The average molecular weight is 1140 g/mol. The van der Waals surface area contributed by atoms with Crippen LogP contribution in [0.5, 0.6) is 0 Å². The summed E-state index contributed by atoms with van der Waals surface area (Å²) in [5, 5.41) is -24.7. The molecule has 10 rings (SSSR count). The fraction of sp³-hybridized carbons (Fsp3) is 0.0417. The second-order valence-corrected chi connectivity index (χ2v) is 16.8. The van der Waals surface area contributed by atoms with Crippen molar-refractivity contribution in [3.8, 4) is 0 Å². The van der Waals surface area contributed by atoms with E-state index in [9.17, 15) is 17.6 Å². The molecule has 0 amide bonds. The zero-order chi connectivity index (χ0) is 57.7. The van der Waals surface area contributed by atoms with Crippen LogP contribution in [0.15, 0.2) is 24.3 Å². The molecule has 0 radical (unpaired) electrons. The van der Waals surface area contributed by atoms with E-state index in [1.807, 2.05) is 0 Å². The maximum absolute atomic E-state index is 17.3. The summed E-state index contributed by atoms with van der Waals surface area (Å²) >= 11 is 0. The van der Waals surface area contributed by atoms with Crippen LogP contribution in [-0.2, 0) is 6.42 Å². The highest BCUT2D eigenvalue weighted by Crippen LogP contribution is 2.42. The largest absolute Gasteiger partial charge is 0.313 e. The Morgan fingerprint density at radius 1 is 0.231 bits per heavy atom. The molecule has 1 aliphatic heterocycles. The molecule has 0 saturated carbocycles. The van der Waals surface area contributed by atoms with Gasteiger partial charge in [-0.25, -0.2) is 123 Å². The molecule has 2 N–H and O–H groups in total. The van der Waals surface area contributed by atoms with Crippen molar-refractivity contribution >= 4 is 76.8 Å². The van der Waals surface area contributed by atoms with Crippen LogP contribution in [0.1, 0.15) is 5.56 Å². The fourth-order valence-corrected chi connectivity index (χ4v) is 9.94. The van der Waals surface area contributed by atoms with Crippen molar-refractivity contribution in [2.75, 3.05) is 6.54 Å². The summed E-state index contributed by atoms with van der Waals surface area (Å²) in [6.07, 6.45) is -6.80. The van der Waals surface area contributed by atoms with E-state index >= 15 is 105 Å². The zero-order valence-corrected chi connectivity index (χ0v) is 36.5. The summed E-state index contributed by atoms with van der Waals surface area (Å²) in [6.45, 7) is 1.24. The monoisotopic (exact) mass is 1140 g/mol. The predicted molar refractivity (Wildman–Crippen MR) is 216 cm³/mol. The van der Waals surface area contributed by atoms with Crippen molar-refractivity contribution in [2.45, 2.75) is 6.42 Å². The molecule has 0 aromatic heterocycles. The molecule has 1 nitrogen and oxygen atoms in total. The fourth-order valence-electron chi connectivity index (χ4n) is 9.94. The van der Waals surface area contributed by atoms with E-state index in [1.54, 1.807) is 0 Å². The van der Waals surface area contributed by atoms with E-state index in [1.165, 1.54) is 24.2 Å². The SMILES string of the molecule is Fc1c(F)c(F)c2c([B-](c3c(F)c(F)c(F)c4c(F)c(F)c(F)c(F)c34)(c3c(F)c(F)c(F)c4c(F)c(F)c(F)c(F)c34)c3c(F)c(F)c(F)c4c(F)c(F)c(F)c(F)c34)c(F)c(F)c(F)c2c1F.c1ccc2c(c1)CC[NH2+]2. The first kappa shape index (κ1) is 54.9. The molecule has 0 unspecified atom stereocenters. The number of benzene rings is 9. The quantitative estimate of drug-likeness (QED) is 0.0595. The maximum atomic E-state index is 17.3. The first-order chi connectivity index (χ1) is 36.5. The normalized spacial score (nSPS) is 12.7. The van der Waals surface area contributed by atoms with E-state index in [0.29, 0.717) is 0 Å². The number of halogens is 28. The average Bonchev–Trinajstić information content (AvgIpc) is 3.65. The minimum Gasteiger partial charge on any atom is -0.313 e. The van der Waals surface area contributed by atoms with Crippen LogP contribution in [0.4, 0.5) is 129 Å². The number of hydrogen-bond acceptors (Lipinski definition) is 0. The smallest absolute Gasteiger partial charge is 0.198 e. The minimum absolute atomic E-state index is 1.24. The minimum atomic E-state index is -8.05. The molecule has 0 atom stereocenters. The lowest BCUT2D eigenvalue weighted by Gasteiger charge is -2.47. The lowest BCUT2D eigenvalue weighted by molar-refractivity contribution is -0.561. The number of hydrogen-bond donors (Lipinski definition) is 1. The number of nitrogens with two attached hydrogens (primary N) is 1. The van der Waals surface area contributed by atoms with Gasteiger partial charge in [0.2, 0.25) is 0 Å². The Morgan fingerprint density at radius 2 is 0.423 bits per heavy atom. The Hall–Kier alpha value is -7.92. The van der Waals surface area contributed by atoms with Gasteiger partial charge in [0.05, 0.1) is 28.1 Å². The molecule has 9 aromatic carbocycles. The number of fused-ring (bicyclic) bond motifs is 5. The van der Waals surface area contributed by atoms with Gasteiger partial charge in [0.25, 0.3) is 0 Å². The van der Waals surface area contributed by atoms with Gasteiger partial charge in [0.15, 0.2) is 140 Å². The molecule has 0 aliphatic carbocycles. The molecular weight excluding hydrogens is 1130 g/mol. The van der Waals surface area contributed by atoms with Gasteiger partial charge in [-0.3, -0.25) is 0 Å². The Kier molecular flexibility index (Phi) is 13.1. The third-order valence-electron chi connectivity index (χ3n) is 13.1. The van der Waals surface area contributed by atoms with Gasteiger partial charge < -0.3 is 5.32 Å². The van der Waals surface area contributed by atoms with Crippen molar-refractivity contribution in [2.24, 2.45) is 0 Å². The summed E-state index contributed by atoms with van der Waals surface area (Å²) in [6, 6.07) is 8.60. The second-order valence-electron chi connectivity index (χ2n) is 16.8. The Balaban J connectivity index is 0.000000739. The van der Waals surface area contributed by atoms with E-state index in [0.717, 1.165) is 0 Å². The van der Waals surface area contributed by atoms with E-state index < -0.39 is 234 Å². The van der Waals surface area contributed by atoms with Crippen molar-refractivity contribution in [1.82, 2.24) is 0 Å². The summed E-state index contributed by atoms with van der Waals surface area (Å²) in [7, 11) is 0. The first-order valence-electron chi connectivity index (χ1n) is 20.8. The predicted octanol–water partition coefficient (Wildman–Crippen LogP) is 12.0. The second kappa shape index (κ2) is 18.6. The van der Waals surface area contributed by atoms with Crippen LogP contribution in [0.2, 0.25) is 0 Å². The van der Waals surface area contributed by atoms with Gasteiger partial charge in [0, 0.05) is 12.0 Å². The van der Waals surface area contributed by atoms with Gasteiger partial charge in [-0.05, 0) is 27.6 Å². The van der Waals surface area contributed by atoms with Gasteiger partial charge in [-0.15, -0.1) is 21.9 Å². The Labute approximate surface area is 410 Å².